The molecule has 5 nitrogen and oxygen atoms in total. The van der Waals surface area contributed by atoms with Crippen LogP contribution in [0, 0.1) is 6.92 Å². The Morgan fingerprint density at radius 1 is 1.21 bits per heavy atom. The Labute approximate surface area is 112 Å². The molecule has 0 bridgehead atoms. The molecule has 0 saturated heterocycles. The molecule has 0 amide bonds. The number of nitrogen functional groups attached to an aromatic ring is 1. The van der Waals surface area contributed by atoms with Crippen molar-refractivity contribution >= 4 is 5.82 Å². The Hall–Kier alpha value is -2.30. The van der Waals surface area contributed by atoms with E-state index in [0.29, 0.717) is 28.8 Å². The topological polar surface area (TPSA) is 70.3 Å². The van der Waals surface area contributed by atoms with Gasteiger partial charge in [0.25, 0.3) is 0 Å². The largest absolute Gasteiger partial charge is 0.493 e. The van der Waals surface area contributed by atoms with Crippen LogP contribution in [-0.4, -0.2) is 17.1 Å². The second-order valence-corrected chi connectivity index (χ2v) is 4.13. The molecule has 0 spiro atoms. The Kier molecular flexibility index (Phi) is 3.85. The second kappa shape index (κ2) is 5.56. The average molecular weight is 259 g/mol. The summed E-state index contributed by atoms with van der Waals surface area (Å²) in [7, 11) is 1.61. The number of aromatic nitrogens is 2. The number of methoxy groups -OCH3 is 1. The molecule has 0 radical (unpaired) electrons. The van der Waals surface area contributed by atoms with Gasteiger partial charge < -0.3 is 15.2 Å². The van der Waals surface area contributed by atoms with E-state index in [1.54, 1.807) is 7.11 Å². The first-order chi connectivity index (χ1) is 9.15. The summed E-state index contributed by atoms with van der Waals surface area (Å²) in [4.78, 5) is 7.99. The van der Waals surface area contributed by atoms with Gasteiger partial charge in [0.15, 0.2) is 11.5 Å². The standard InChI is InChI=1S/C14H17N3O2/c1-4-10-5-6-11(12(7-10)18-3)19-14-9(2)13(15)16-8-17-14/h5-8H,4H2,1-3H3,(H2,15,16,17). The molecule has 5 heteroatoms. The van der Waals surface area contributed by atoms with E-state index in [9.17, 15) is 0 Å². The average Bonchev–Trinajstić information content (AvgIpc) is 2.44. The molecular formula is C14H17N3O2. The fraction of sp³-hybridized carbons (Fsp3) is 0.286. The summed E-state index contributed by atoms with van der Waals surface area (Å²) >= 11 is 0. The summed E-state index contributed by atoms with van der Waals surface area (Å²) in [6.07, 6.45) is 2.32. The first-order valence-electron chi connectivity index (χ1n) is 6.07. The van der Waals surface area contributed by atoms with Crippen LogP contribution in [0.15, 0.2) is 24.5 Å². The zero-order valence-electron chi connectivity index (χ0n) is 11.3. The van der Waals surface area contributed by atoms with E-state index in [1.165, 1.54) is 11.9 Å². The zero-order valence-corrected chi connectivity index (χ0v) is 11.3. The number of hydrogen-bond donors (Lipinski definition) is 1. The third-order valence-corrected chi connectivity index (χ3v) is 2.92. The second-order valence-electron chi connectivity index (χ2n) is 4.13. The van der Waals surface area contributed by atoms with Crippen molar-refractivity contribution in [2.24, 2.45) is 0 Å². The first-order valence-corrected chi connectivity index (χ1v) is 6.07. The van der Waals surface area contributed by atoms with Gasteiger partial charge in [-0.25, -0.2) is 9.97 Å². The van der Waals surface area contributed by atoms with E-state index in [2.05, 4.69) is 16.9 Å². The van der Waals surface area contributed by atoms with Gasteiger partial charge in [0.2, 0.25) is 5.88 Å². The van der Waals surface area contributed by atoms with Crippen LogP contribution in [0.3, 0.4) is 0 Å². The van der Waals surface area contributed by atoms with Gasteiger partial charge in [-0.2, -0.15) is 0 Å². The first kappa shape index (κ1) is 13.1. The molecule has 2 aromatic rings. The summed E-state index contributed by atoms with van der Waals surface area (Å²) < 4.78 is 11.1. The van der Waals surface area contributed by atoms with E-state index in [-0.39, 0.29) is 0 Å². The molecule has 1 aromatic heterocycles. The van der Waals surface area contributed by atoms with Crippen molar-refractivity contribution in [2.45, 2.75) is 20.3 Å². The maximum absolute atomic E-state index is 5.76. The van der Waals surface area contributed by atoms with Gasteiger partial charge in [0.05, 0.1) is 12.7 Å². The molecule has 0 aliphatic carbocycles. The van der Waals surface area contributed by atoms with Crippen LogP contribution in [-0.2, 0) is 6.42 Å². The van der Waals surface area contributed by atoms with E-state index >= 15 is 0 Å². The maximum atomic E-state index is 5.76. The highest BCUT2D eigenvalue weighted by Crippen LogP contribution is 2.33. The molecule has 100 valence electrons. The minimum absolute atomic E-state index is 0.411. The van der Waals surface area contributed by atoms with Crippen LogP contribution in [0.2, 0.25) is 0 Å². The van der Waals surface area contributed by atoms with Crippen LogP contribution in [0.1, 0.15) is 18.1 Å². The van der Waals surface area contributed by atoms with Crippen molar-refractivity contribution in [2.75, 3.05) is 12.8 Å². The lowest BCUT2D eigenvalue weighted by Gasteiger charge is -2.12. The number of rotatable bonds is 4. The van der Waals surface area contributed by atoms with E-state index < -0.39 is 0 Å². The highest BCUT2D eigenvalue weighted by Gasteiger charge is 2.11. The van der Waals surface area contributed by atoms with Gasteiger partial charge >= 0.3 is 0 Å². The third kappa shape index (κ3) is 2.76. The highest BCUT2D eigenvalue weighted by molar-refractivity contribution is 5.48. The Morgan fingerprint density at radius 3 is 2.68 bits per heavy atom. The van der Waals surface area contributed by atoms with Crippen molar-refractivity contribution < 1.29 is 9.47 Å². The normalized spacial score (nSPS) is 10.3. The van der Waals surface area contributed by atoms with Crippen molar-refractivity contribution in [1.29, 1.82) is 0 Å². The minimum atomic E-state index is 0.411. The van der Waals surface area contributed by atoms with Crippen LogP contribution >= 0.6 is 0 Å². The fourth-order valence-corrected chi connectivity index (χ4v) is 1.67. The van der Waals surface area contributed by atoms with Gasteiger partial charge in [-0.1, -0.05) is 13.0 Å². The molecule has 0 fully saturated rings. The van der Waals surface area contributed by atoms with Crippen molar-refractivity contribution in [1.82, 2.24) is 9.97 Å². The van der Waals surface area contributed by atoms with Crippen LogP contribution in [0.5, 0.6) is 17.4 Å². The number of ether oxygens (including phenoxy) is 2. The zero-order chi connectivity index (χ0) is 13.8. The Balaban J connectivity index is 2.35. The van der Waals surface area contributed by atoms with Crippen LogP contribution < -0.4 is 15.2 Å². The molecule has 0 aliphatic heterocycles. The van der Waals surface area contributed by atoms with Crippen molar-refractivity contribution in [3.8, 4) is 17.4 Å². The highest BCUT2D eigenvalue weighted by atomic mass is 16.5. The monoisotopic (exact) mass is 259 g/mol. The molecule has 2 N–H and O–H groups in total. The van der Waals surface area contributed by atoms with Gasteiger partial charge in [-0.3, -0.25) is 0 Å². The molecule has 0 atom stereocenters. The fourth-order valence-electron chi connectivity index (χ4n) is 1.67. The molecular weight excluding hydrogens is 242 g/mol. The minimum Gasteiger partial charge on any atom is -0.493 e. The lowest BCUT2D eigenvalue weighted by atomic mass is 10.1. The third-order valence-electron chi connectivity index (χ3n) is 2.92. The Morgan fingerprint density at radius 2 is 2.00 bits per heavy atom. The van der Waals surface area contributed by atoms with Crippen LogP contribution in [0.4, 0.5) is 5.82 Å². The molecule has 1 aromatic carbocycles. The van der Waals surface area contributed by atoms with Crippen molar-refractivity contribution in [3.05, 3.63) is 35.7 Å². The molecule has 0 aliphatic rings. The number of hydrogen-bond acceptors (Lipinski definition) is 5. The predicted molar refractivity (Wildman–Crippen MR) is 73.6 cm³/mol. The van der Waals surface area contributed by atoms with Crippen molar-refractivity contribution in [3.63, 3.8) is 0 Å². The van der Waals surface area contributed by atoms with Crippen LogP contribution in [0.25, 0.3) is 0 Å². The predicted octanol–water partition coefficient (Wildman–Crippen LogP) is 2.73. The molecule has 19 heavy (non-hydrogen) atoms. The molecule has 2 rings (SSSR count). The number of nitrogens with zero attached hydrogens (tertiary/aromatic N) is 2. The van der Waals surface area contributed by atoms with E-state index in [4.69, 9.17) is 15.2 Å². The quantitative estimate of drug-likeness (QED) is 0.914. The lowest BCUT2D eigenvalue weighted by molar-refractivity contribution is 0.372. The number of benzene rings is 1. The summed E-state index contributed by atoms with van der Waals surface area (Å²) in [5.41, 5.74) is 7.62. The number of anilines is 1. The lowest BCUT2D eigenvalue weighted by Crippen LogP contribution is -2.00. The smallest absolute Gasteiger partial charge is 0.227 e. The number of aryl methyl sites for hydroxylation is 1. The van der Waals surface area contributed by atoms with Gasteiger partial charge in [-0.05, 0) is 31.0 Å². The molecule has 0 unspecified atom stereocenters. The van der Waals surface area contributed by atoms with E-state index in [0.717, 1.165) is 6.42 Å². The summed E-state index contributed by atoms with van der Waals surface area (Å²) in [6, 6.07) is 5.82. The summed E-state index contributed by atoms with van der Waals surface area (Å²) in [6.45, 7) is 3.90. The SMILES string of the molecule is CCc1ccc(Oc2ncnc(N)c2C)c(OC)c1. The van der Waals surface area contributed by atoms with Gasteiger partial charge in [0.1, 0.15) is 12.1 Å². The molecule has 0 saturated carbocycles. The summed E-state index contributed by atoms with van der Waals surface area (Å²) in [5, 5.41) is 0. The van der Waals surface area contributed by atoms with E-state index in [1.807, 2.05) is 25.1 Å². The van der Waals surface area contributed by atoms with Gasteiger partial charge in [0, 0.05) is 0 Å². The maximum Gasteiger partial charge on any atom is 0.227 e. The number of nitrogens with two attached hydrogens (primary N) is 1. The van der Waals surface area contributed by atoms with Gasteiger partial charge in [-0.15, -0.1) is 0 Å². The molecule has 1 heterocycles. The Bertz CT molecular complexity index is 585. The summed E-state index contributed by atoms with van der Waals surface area (Å²) in [5.74, 6) is 2.14.